The van der Waals surface area contributed by atoms with Gasteiger partial charge in [0.25, 0.3) is 5.91 Å². The van der Waals surface area contributed by atoms with Crippen molar-refractivity contribution in [2.75, 3.05) is 56.9 Å². The molecule has 1 aliphatic heterocycles. The Hall–Kier alpha value is -4.43. The molecule has 0 unspecified atom stereocenters. The number of benzene rings is 2. The molecule has 1 aliphatic rings. The zero-order valence-corrected chi connectivity index (χ0v) is 24.4. The Balaban J connectivity index is 1.57. The van der Waals surface area contributed by atoms with E-state index in [-0.39, 0.29) is 29.9 Å². The third-order valence-corrected chi connectivity index (χ3v) is 7.17. The Bertz CT molecular complexity index is 1690. The summed E-state index contributed by atoms with van der Waals surface area (Å²) in [4.78, 5) is 38.2. The van der Waals surface area contributed by atoms with Gasteiger partial charge in [0.05, 0.1) is 30.4 Å². The van der Waals surface area contributed by atoms with E-state index in [1.54, 1.807) is 24.3 Å². The molecular weight excluding hydrogens is 566 g/mol. The molecule has 0 saturated heterocycles. The Kier molecular flexibility index (Phi) is 8.18. The van der Waals surface area contributed by atoms with Crippen LogP contribution in [0.15, 0.2) is 36.5 Å². The molecule has 5 rings (SSSR count). The number of nitrogens with one attached hydrogen (secondary N) is 3. The molecule has 0 saturated carbocycles. The highest BCUT2D eigenvalue weighted by molar-refractivity contribution is 7.78. The number of hydrogen-bond acceptors (Lipinski definition) is 9. The van der Waals surface area contributed by atoms with Crippen molar-refractivity contribution in [1.82, 2.24) is 24.2 Å². The van der Waals surface area contributed by atoms with Gasteiger partial charge in [0.2, 0.25) is 11.9 Å². The number of nitrogens with zero attached hydrogens (tertiary/aromatic N) is 5. The molecule has 0 atom stereocenters. The fourth-order valence-electron chi connectivity index (χ4n) is 4.89. The number of halogens is 2. The quantitative estimate of drug-likeness (QED) is 0.225. The summed E-state index contributed by atoms with van der Waals surface area (Å²) in [6, 6.07) is 7.60. The van der Waals surface area contributed by atoms with Crippen LogP contribution in [0.5, 0.6) is 5.75 Å². The van der Waals surface area contributed by atoms with E-state index in [9.17, 15) is 18.4 Å². The van der Waals surface area contributed by atoms with Crippen molar-refractivity contribution in [3.05, 3.63) is 59.3 Å². The molecule has 2 aromatic carbocycles. The van der Waals surface area contributed by atoms with Crippen LogP contribution in [-0.2, 0) is 11.2 Å². The summed E-state index contributed by atoms with van der Waals surface area (Å²) in [5, 5.41) is 8.99. The largest absolute Gasteiger partial charge is 0.495 e. The number of thiol groups is 1. The Morgan fingerprint density at radius 3 is 2.62 bits per heavy atom. The Morgan fingerprint density at radius 2 is 1.90 bits per heavy atom. The van der Waals surface area contributed by atoms with Crippen LogP contribution in [0, 0.1) is 11.6 Å². The molecular formula is C28H30F2N8O3S. The average molecular weight is 597 g/mol. The van der Waals surface area contributed by atoms with Gasteiger partial charge in [-0.2, -0.15) is 9.97 Å². The number of rotatable bonds is 8. The van der Waals surface area contributed by atoms with E-state index < -0.39 is 23.1 Å². The number of carbonyl (C=O) groups excluding carboxylic acids is 2. The fourth-order valence-corrected chi connectivity index (χ4v) is 5.11. The highest BCUT2D eigenvalue weighted by Gasteiger charge is 2.26. The normalized spacial score (nSPS) is 12.8. The second-order valence-electron chi connectivity index (χ2n) is 9.97. The fraction of sp³-hybridized carbons (Fsp3) is 0.286. The summed E-state index contributed by atoms with van der Waals surface area (Å²) >= 11 is 4.44. The van der Waals surface area contributed by atoms with Crippen LogP contribution in [0.25, 0.3) is 11.0 Å². The lowest BCUT2D eigenvalue weighted by atomic mass is 10.00. The Labute approximate surface area is 246 Å². The van der Waals surface area contributed by atoms with Gasteiger partial charge in [-0.1, -0.05) is 12.8 Å². The average Bonchev–Trinajstić information content (AvgIpc) is 3.34. The number of carbonyl (C=O) groups is 2. The van der Waals surface area contributed by atoms with E-state index >= 15 is 0 Å². The monoisotopic (exact) mass is 596 g/mol. The number of likely N-dealkylation sites (N-methyl/N-ethyl adjacent to an activating group) is 1. The minimum atomic E-state index is -1.29. The van der Waals surface area contributed by atoms with Gasteiger partial charge < -0.3 is 30.5 Å². The molecule has 0 fully saturated rings. The van der Waals surface area contributed by atoms with Gasteiger partial charge in [0.15, 0.2) is 17.3 Å². The lowest BCUT2D eigenvalue weighted by Crippen LogP contribution is -2.40. The van der Waals surface area contributed by atoms with E-state index in [1.165, 1.54) is 17.1 Å². The first-order valence-corrected chi connectivity index (χ1v) is 13.5. The molecule has 0 aliphatic carbocycles. The van der Waals surface area contributed by atoms with E-state index in [1.807, 2.05) is 31.1 Å². The minimum Gasteiger partial charge on any atom is -0.495 e. The molecule has 3 heterocycles. The van der Waals surface area contributed by atoms with E-state index in [0.29, 0.717) is 29.0 Å². The van der Waals surface area contributed by atoms with Crippen LogP contribution in [0.1, 0.15) is 22.3 Å². The maximum absolute atomic E-state index is 14.7. The molecule has 42 heavy (non-hydrogen) atoms. The predicted molar refractivity (Wildman–Crippen MR) is 160 cm³/mol. The molecule has 3 N–H and O–H groups in total. The molecule has 2 aromatic heterocycles. The highest BCUT2D eigenvalue weighted by atomic mass is 32.1. The van der Waals surface area contributed by atoms with Crippen LogP contribution in [0.2, 0.25) is 0 Å². The molecule has 0 radical (unpaired) electrons. The summed E-state index contributed by atoms with van der Waals surface area (Å²) in [6.45, 7) is 0.862. The van der Waals surface area contributed by atoms with Crippen molar-refractivity contribution < 1.29 is 23.1 Å². The maximum Gasteiger partial charge on any atom is 0.256 e. The first-order chi connectivity index (χ1) is 20.1. The van der Waals surface area contributed by atoms with Gasteiger partial charge in [0.1, 0.15) is 17.1 Å². The smallest absolute Gasteiger partial charge is 0.256 e. The van der Waals surface area contributed by atoms with Crippen LogP contribution >= 0.6 is 12.8 Å². The molecule has 14 heteroatoms. The highest BCUT2D eigenvalue weighted by Crippen LogP contribution is 2.38. The number of ether oxygens (including phenoxy) is 1. The van der Waals surface area contributed by atoms with Gasteiger partial charge in [-0.25, -0.2) is 8.78 Å². The number of anilines is 5. The standard InChI is InChI=1S/C28H30F2N8O3S/c1-31-27(40)23-18(8-7-17(29)24(23)30)32-25-16-9-11-38(42)26(16)35-28(34-25)33-19-13-20-15(12-21(19)41-4)6-5-10-37(20)22(39)14-36(2)3/h7-9,11-13,42H,5-6,10,14H2,1-4H3,(H,31,40)(H2,32,33,34,35). The van der Waals surface area contributed by atoms with Gasteiger partial charge in [0, 0.05) is 25.5 Å². The second kappa shape index (κ2) is 11.8. The third-order valence-electron chi connectivity index (χ3n) is 6.85. The van der Waals surface area contributed by atoms with Crippen LogP contribution in [0.4, 0.5) is 37.6 Å². The van der Waals surface area contributed by atoms with Crippen LogP contribution < -0.4 is 25.6 Å². The first kappa shape index (κ1) is 29.1. The van der Waals surface area contributed by atoms with Gasteiger partial charge >= 0.3 is 0 Å². The van der Waals surface area contributed by atoms with Crippen molar-refractivity contribution in [1.29, 1.82) is 0 Å². The van der Waals surface area contributed by atoms with Gasteiger partial charge in [-0.3, -0.25) is 13.6 Å². The zero-order chi connectivity index (χ0) is 30.1. The summed E-state index contributed by atoms with van der Waals surface area (Å²) in [5.41, 5.74) is 2.18. The molecule has 11 nitrogen and oxygen atoms in total. The van der Waals surface area contributed by atoms with Crippen molar-refractivity contribution in [3.63, 3.8) is 0 Å². The number of hydrogen-bond donors (Lipinski definition) is 4. The predicted octanol–water partition coefficient (Wildman–Crippen LogP) is 4.10. The number of amides is 2. The lowest BCUT2D eigenvalue weighted by Gasteiger charge is -2.31. The molecule has 0 bridgehead atoms. The van der Waals surface area contributed by atoms with Crippen molar-refractivity contribution >= 4 is 64.5 Å². The van der Waals surface area contributed by atoms with Crippen molar-refractivity contribution in [2.45, 2.75) is 12.8 Å². The van der Waals surface area contributed by atoms with E-state index in [4.69, 9.17) is 4.74 Å². The number of aryl methyl sites for hydroxylation is 1. The van der Waals surface area contributed by atoms with Gasteiger partial charge in [-0.05, 0) is 62.8 Å². The topological polar surface area (TPSA) is 117 Å². The summed E-state index contributed by atoms with van der Waals surface area (Å²) < 4.78 is 35.8. The minimum absolute atomic E-state index is 0.00696. The number of methoxy groups -OCH3 is 1. The summed E-state index contributed by atoms with van der Waals surface area (Å²) in [6.07, 6.45) is 3.28. The molecule has 4 aromatic rings. The Morgan fingerprint density at radius 1 is 1.12 bits per heavy atom. The number of fused-ring (bicyclic) bond motifs is 2. The maximum atomic E-state index is 14.7. The van der Waals surface area contributed by atoms with Crippen molar-refractivity contribution in [2.24, 2.45) is 0 Å². The second-order valence-corrected chi connectivity index (χ2v) is 10.4. The zero-order valence-electron chi connectivity index (χ0n) is 23.5. The van der Waals surface area contributed by atoms with Crippen LogP contribution in [-0.4, -0.2) is 72.0 Å². The number of aromatic nitrogens is 3. The van der Waals surface area contributed by atoms with Crippen LogP contribution in [0.3, 0.4) is 0 Å². The first-order valence-electron chi connectivity index (χ1n) is 13.1. The summed E-state index contributed by atoms with van der Waals surface area (Å²) in [5.74, 6) is -2.41. The molecule has 220 valence electrons. The molecule has 2 amide bonds. The van der Waals surface area contributed by atoms with Gasteiger partial charge in [-0.15, -0.1) is 0 Å². The molecule has 0 spiro atoms. The van der Waals surface area contributed by atoms with E-state index in [2.05, 4.69) is 38.7 Å². The van der Waals surface area contributed by atoms with Crippen molar-refractivity contribution in [3.8, 4) is 5.75 Å². The SMILES string of the molecule is CNC(=O)c1c(Nc2nc(Nc3cc4c(cc3OC)CCCN4C(=O)CN(C)C)nc3c2ccn3S)ccc(F)c1F. The third kappa shape index (κ3) is 5.54. The van der Waals surface area contributed by atoms with E-state index in [0.717, 1.165) is 30.2 Å². The summed E-state index contributed by atoms with van der Waals surface area (Å²) in [7, 11) is 6.56. The lowest BCUT2D eigenvalue weighted by molar-refractivity contribution is -0.119.